The first-order valence-electron chi connectivity index (χ1n) is 6.34. The quantitative estimate of drug-likeness (QED) is 0.799. The predicted molar refractivity (Wildman–Crippen MR) is 77.5 cm³/mol. The number of amides is 1. The van der Waals surface area contributed by atoms with E-state index in [1.807, 2.05) is 19.1 Å². The van der Waals surface area contributed by atoms with E-state index in [9.17, 15) is 4.79 Å². The van der Waals surface area contributed by atoms with Crippen LogP contribution in [0.5, 0.6) is 5.75 Å². The lowest BCUT2D eigenvalue weighted by atomic mass is 10.1. The van der Waals surface area contributed by atoms with Gasteiger partial charge in [0.15, 0.2) is 5.76 Å². The van der Waals surface area contributed by atoms with Gasteiger partial charge in [0.05, 0.1) is 7.11 Å². The van der Waals surface area contributed by atoms with Crippen LogP contribution in [0.3, 0.4) is 0 Å². The first kappa shape index (κ1) is 13.1. The summed E-state index contributed by atoms with van der Waals surface area (Å²) in [6.45, 7) is 1.83. The lowest BCUT2D eigenvalue weighted by Gasteiger charge is -2.00. The molecule has 106 valence electrons. The number of benzene rings is 1. The molecule has 3 aromatic rings. The lowest BCUT2D eigenvalue weighted by Crippen LogP contribution is -2.14. The molecule has 0 fully saturated rings. The Morgan fingerprint density at radius 2 is 2.05 bits per heavy atom. The fourth-order valence-corrected chi connectivity index (χ4v) is 2.07. The maximum Gasteiger partial charge on any atom is 0.294 e. The molecular weight excluding hydrogens is 270 g/mol. The Morgan fingerprint density at radius 1 is 1.29 bits per heavy atom. The highest BCUT2D eigenvalue weighted by molar-refractivity contribution is 6.05. The summed E-state index contributed by atoms with van der Waals surface area (Å²) in [6, 6.07) is 7.11. The Morgan fingerprint density at radius 3 is 2.76 bits per heavy atom. The number of methoxy groups -OCH3 is 1. The van der Waals surface area contributed by atoms with Gasteiger partial charge in [0, 0.05) is 29.4 Å². The van der Waals surface area contributed by atoms with Crippen LogP contribution in [0.4, 0.5) is 5.95 Å². The van der Waals surface area contributed by atoms with E-state index in [0.717, 1.165) is 10.9 Å². The van der Waals surface area contributed by atoms with Crippen LogP contribution in [0.1, 0.15) is 16.1 Å². The molecule has 2 aromatic heterocycles. The van der Waals surface area contributed by atoms with Crippen molar-refractivity contribution in [2.45, 2.75) is 6.92 Å². The molecule has 0 spiro atoms. The lowest BCUT2D eigenvalue weighted by molar-refractivity contribution is 0.0997. The Labute approximate surface area is 120 Å². The van der Waals surface area contributed by atoms with E-state index in [0.29, 0.717) is 11.3 Å². The van der Waals surface area contributed by atoms with Crippen molar-refractivity contribution in [1.29, 1.82) is 0 Å². The summed E-state index contributed by atoms with van der Waals surface area (Å²) in [7, 11) is 1.58. The number of furan rings is 1. The van der Waals surface area contributed by atoms with E-state index in [-0.39, 0.29) is 17.6 Å². The van der Waals surface area contributed by atoms with Crippen molar-refractivity contribution in [2.75, 3.05) is 12.4 Å². The van der Waals surface area contributed by atoms with Gasteiger partial charge in [-0.3, -0.25) is 10.1 Å². The van der Waals surface area contributed by atoms with Gasteiger partial charge >= 0.3 is 0 Å². The molecule has 21 heavy (non-hydrogen) atoms. The Kier molecular flexibility index (Phi) is 3.27. The third kappa shape index (κ3) is 2.43. The standard InChI is InChI=1S/C15H13N3O3/c1-9-11-5-4-10(20-2)8-12(11)21-13(9)14(19)18-15-16-6-3-7-17-15/h3-8H,1-2H3,(H,16,17,18,19). The number of rotatable bonds is 3. The van der Waals surface area contributed by atoms with Crippen molar-refractivity contribution >= 4 is 22.8 Å². The molecule has 0 aliphatic heterocycles. The van der Waals surface area contributed by atoms with Crippen molar-refractivity contribution in [3.05, 3.63) is 48.0 Å². The van der Waals surface area contributed by atoms with Gasteiger partial charge in [0.1, 0.15) is 11.3 Å². The molecule has 2 heterocycles. The summed E-state index contributed by atoms with van der Waals surface area (Å²) in [5.74, 6) is 0.772. The van der Waals surface area contributed by atoms with E-state index in [4.69, 9.17) is 9.15 Å². The first-order chi connectivity index (χ1) is 10.2. The summed E-state index contributed by atoms with van der Waals surface area (Å²) in [4.78, 5) is 20.1. The Bertz CT molecular complexity index is 797. The maximum absolute atomic E-state index is 12.2. The summed E-state index contributed by atoms with van der Waals surface area (Å²) in [5, 5.41) is 3.47. The molecule has 6 nitrogen and oxygen atoms in total. The number of ether oxygens (including phenoxy) is 1. The number of aryl methyl sites for hydroxylation is 1. The highest BCUT2D eigenvalue weighted by Gasteiger charge is 2.18. The van der Waals surface area contributed by atoms with Gasteiger partial charge < -0.3 is 9.15 Å². The molecule has 0 radical (unpaired) electrons. The molecular formula is C15H13N3O3. The van der Waals surface area contributed by atoms with Crippen molar-refractivity contribution < 1.29 is 13.9 Å². The number of carbonyl (C=O) groups excluding carboxylic acids is 1. The molecule has 0 aliphatic carbocycles. The van der Waals surface area contributed by atoms with Crippen molar-refractivity contribution in [3.63, 3.8) is 0 Å². The number of nitrogens with one attached hydrogen (secondary N) is 1. The fraction of sp³-hybridized carbons (Fsp3) is 0.133. The molecule has 0 saturated carbocycles. The second kappa shape index (κ2) is 5.24. The van der Waals surface area contributed by atoms with Crippen LogP contribution in [0, 0.1) is 6.92 Å². The van der Waals surface area contributed by atoms with Gasteiger partial charge in [0.25, 0.3) is 5.91 Å². The van der Waals surface area contributed by atoms with E-state index in [1.54, 1.807) is 31.6 Å². The summed E-state index contributed by atoms with van der Waals surface area (Å²) < 4.78 is 10.8. The number of hydrogen-bond acceptors (Lipinski definition) is 5. The average Bonchev–Trinajstić information content (AvgIpc) is 2.85. The van der Waals surface area contributed by atoms with Crippen LogP contribution >= 0.6 is 0 Å². The molecule has 1 amide bonds. The molecule has 0 bridgehead atoms. The number of aromatic nitrogens is 2. The predicted octanol–water partition coefficient (Wildman–Crippen LogP) is 2.79. The molecule has 3 rings (SSSR count). The largest absolute Gasteiger partial charge is 0.497 e. The number of hydrogen-bond donors (Lipinski definition) is 1. The monoisotopic (exact) mass is 283 g/mol. The Balaban J connectivity index is 1.96. The summed E-state index contributed by atoms with van der Waals surface area (Å²) >= 11 is 0. The van der Waals surface area contributed by atoms with Crippen LogP contribution < -0.4 is 10.1 Å². The molecule has 0 atom stereocenters. The van der Waals surface area contributed by atoms with Gasteiger partial charge in [-0.2, -0.15) is 0 Å². The fourth-order valence-electron chi connectivity index (χ4n) is 2.07. The average molecular weight is 283 g/mol. The normalized spacial score (nSPS) is 10.6. The maximum atomic E-state index is 12.2. The second-order valence-electron chi connectivity index (χ2n) is 4.44. The van der Waals surface area contributed by atoms with Gasteiger partial charge in [-0.1, -0.05) is 0 Å². The van der Waals surface area contributed by atoms with Gasteiger partial charge in [-0.05, 0) is 25.1 Å². The van der Waals surface area contributed by atoms with Crippen LogP contribution in [-0.4, -0.2) is 23.0 Å². The molecule has 1 N–H and O–H groups in total. The molecule has 0 saturated heterocycles. The van der Waals surface area contributed by atoms with Crippen LogP contribution in [0.15, 0.2) is 41.1 Å². The topological polar surface area (TPSA) is 77.2 Å². The van der Waals surface area contributed by atoms with Crippen molar-refractivity contribution in [3.8, 4) is 5.75 Å². The first-order valence-corrected chi connectivity index (χ1v) is 6.34. The third-order valence-electron chi connectivity index (χ3n) is 3.14. The van der Waals surface area contributed by atoms with Crippen LogP contribution in [-0.2, 0) is 0 Å². The molecule has 6 heteroatoms. The minimum atomic E-state index is -0.381. The molecule has 1 aromatic carbocycles. The zero-order chi connectivity index (χ0) is 14.8. The number of anilines is 1. The number of carbonyl (C=O) groups is 1. The molecule has 0 unspecified atom stereocenters. The third-order valence-corrected chi connectivity index (χ3v) is 3.14. The molecule has 0 aliphatic rings. The SMILES string of the molecule is COc1ccc2c(C)c(C(=O)Nc3ncccn3)oc2c1. The Hall–Kier alpha value is -2.89. The minimum Gasteiger partial charge on any atom is -0.497 e. The summed E-state index contributed by atoms with van der Waals surface area (Å²) in [5.41, 5.74) is 1.37. The van der Waals surface area contributed by atoms with Crippen LogP contribution in [0.2, 0.25) is 0 Å². The van der Waals surface area contributed by atoms with Crippen molar-refractivity contribution in [2.24, 2.45) is 0 Å². The number of nitrogens with zero attached hydrogens (tertiary/aromatic N) is 2. The zero-order valence-electron chi connectivity index (χ0n) is 11.6. The van der Waals surface area contributed by atoms with Gasteiger partial charge in [-0.15, -0.1) is 0 Å². The van der Waals surface area contributed by atoms with E-state index in [2.05, 4.69) is 15.3 Å². The van der Waals surface area contributed by atoms with E-state index < -0.39 is 0 Å². The smallest absolute Gasteiger partial charge is 0.294 e. The number of fused-ring (bicyclic) bond motifs is 1. The summed E-state index contributed by atoms with van der Waals surface area (Å²) in [6.07, 6.45) is 3.11. The van der Waals surface area contributed by atoms with Gasteiger partial charge in [-0.25, -0.2) is 9.97 Å². The van der Waals surface area contributed by atoms with E-state index >= 15 is 0 Å². The van der Waals surface area contributed by atoms with Crippen molar-refractivity contribution in [1.82, 2.24) is 9.97 Å². The van der Waals surface area contributed by atoms with E-state index in [1.165, 1.54) is 0 Å². The zero-order valence-corrected chi connectivity index (χ0v) is 11.6. The van der Waals surface area contributed by atoms with Gasteiger partial charge in [0.2, 0.25) is 5.95 Å². The highest BCUT2D eigenvalue weighted by atomic mass is 16.5. The minimum absolute atomic E-state index is 0.236. The second-order valence-corrected chi connectivity index (χ2v) is 4.44. The van der Waals surface area contributed by atoms with Crippen LogP contribution in [0.25, 0.3) is 11.0 Å². The highest BCUT2D eigenvalue weighted by Crippen LogP contribution is 2.28.